The molecule has 2 aliphatic rings. The zero-order valence-corrected chi connectivity index (χ0v) is 12.4. The molecule has 21 heavy (non-hydrogen) atoms. The van der Waals surface area contributed by atoms with Crippen LogP contribution in [0.4, 0.5) is 10.1 Å². The van der Waals surface area contributed by atoms with Crippen molar-refractivity contribution in [2.24, 2.45) is 5.92 Å². The summed E-state index contributed by atoms with van der Waals surface area (Å²) in [5, 5.41) is 2.80. The van der Waals surface area contributed by atoms with E-state index in [1.807, 2.05) is 0 Å². The first-order chi connectivity index (χ1) is 10.2. The van der Waals surface area contributed by atoms with Gasteiger partial charge in [-0.25, -0.2) is 4.39 Å². The molecule has 0 aromatic heterocycles. The van der Waals surface area contributed by atoms with Crippen LogP contribution in [-0.2, 0) is 4.79 Å². The van der Waals surface area contributed by atoms with Gasteiger partial charge in [-0.15, -0.1) is 0 Å². The number of anilines is 1. The van der Waals surface area contributed by atoms with E-state index in [2.05, 4.69) is 10.2 Å². The molecule has 4 heteroatoms. The van der Waals surface area contributed by atoms with Crippen molar-refractivity contribution < 1.29 is 9.18 Å². The molecule has 1 heterocycles. The lowest BCUT2D eigenvalue weighted by Gasteiger charge is -2.43. The number of nitrogens with zero attached hydrogens (tertiary/aromatic N) is 1. The van der Waals surface area contributed by atoms with Gasteiger partial charge in [-0.2, -0.15) is 0 Å². The molecule has 1 amide bonds. The molecule has 1 aliphatic carbocycles. The molecule has 1 aromatic rings. The van der Waals surface area contributed by atoms with Crippen LogP contribution in [0.25, 0.3) is 0 Å². The Morgan fingerprint density at radius 1 is 1.24 bits per heavy atom. The summed E-state index contributed by atoms with van der Waals surface area (Å²) in [5.74, 6) is 0.416. The third-order valence-corrected chi connectivity index (χ3v) is 4.81. The van der Waals surface area contributed by atoms with Crippen LogP contribution in [0.3, 0.4) is 0 Å². The number of amides is 1. The second-order valence-corrected chi connectivity index (χ2v) is 6.28. The third-order valence-electron chi connectivity index (χ3n) is 4.81. The van der Waals surface area contributed by atoms with E-state index in [0.717, 1.165) is 12.5 Å². The predicted molar refractivity (Wildman–Crippen MR) is 81.6 cm³/mol. The number of hydrogen-bond donors (Lipinski definition) is 1. The van der Waals surface area contributed by atoms with Gasteiger partial charge in [-0.05, 0) is 56.3 Å². The van der Waals surface area contributed by atoms with Crippen molar-refractivity contribution in [3.8, 4) is 0 Å². The Hall–Kier alpha value is -1.42. The molecule has 1 aromatic carbocycles. The SMILES string of the molecule is O=C(CN1CCC[C@H]2CCCC[C@@H]21)Nc1cccc(F)c1. The summed E-state index contributed by atoms with van der Waals surface area (Å²) >= 11 is 0. The summed E-state index contributed by atoms with van der Waals surface area (Å²) in [5.41, 5.74) is 0.539. The van der Waals surface area contributed by atoms with Crippen LogP contribution in [0.15, 0.2) is 24.3 Å². The lowest BCUT2D eigenvalue weighted by molar-refractivity contribution is -0.118. The molecule has 2 fully saturated rings. The summed E-state index contributed by atoms with van der Waals surface area (Å²) in [4.78, 5) is 14.5. The van der Waals surface area contributed by atoms with E-state index in [4.69, 9.17) is 0 Å². The second kappa shape index (κ2) is 6.56. The van der Waals surface area contributed by atoms with E-state index in [1.54, 1.807) is 12.1 Å². The highest BCUT2D eigenvalue weighted by Crippen LogP contribution is 2.35. The molecule has 0 radical (unpaired) electrons. The zero-order chi connectivity index (χ0) is 14.7. The van der Waals surface area contributed by atoms with Crippen LogP contribution < -0.4 is 5.32 Å². The van der Waals surface area contributed by atoms with Gasteiger partial charge < -0.3 is 5.32 Å². The molecular formula is C17H23FN2O. The van der Waals surface area contributed by atoms with Crippen molar-refractivity contribution in [3.63, 3.8) is 0 Å². The van der Waals surface area contributed by atoms with Crippen molar-refractivity contribution in [1.29, 1.82) is 0 Å². The van der Waals surface area contributed by atoms with E-state index < -0.39 is 0 Å². The van der Waals surface area contributed by atoms with E-state index in [1.165, 1.54) is 50.7 Å². The molecule has 1 N–H and O–H groups in total. The number of halogens is 1. The largest absolute Gasteiger partial charge is 0.325 e. The molecule has 2 atom stereocenters. The van der Waals surface area contributed by atoms with Crippen molar-refractivity contribution in [2.45, 2.75) is 44.6 Å². The Morgan fingerprint density at radius 3 is 2.90 bits per heavy atom. The number of benzene rings is 1. The van der Waals surface area contributed by atoms with Crippen molar-refractivity contribution in [3.05, 3.63) is 30.1 Å². The highest BCUT2D eigenvalue weighted by molar-refractivity contribution is 5.92. The highest BCUT2D eigenvalue weighted by atomic mass is 19.1. The van der Waals surface area contributed by atoms with Crippen LogP contribution in [0.2, 0.25) is 0 Å². The number of carbonyl (C=O) groups is 1. The molecule has 0 spiro atoms. The number of piperidine rings is 1. The summed E-state index contributed by atoms with van der Waals surface area (Å²) in [6.07, 6.45) is 7.65. The fourth-order valence-electron chi connectivity index (χ4n) is 3.88. The third kappa shape index (κ3) is 3.62. The maximum absolute atomic E-state index is 13.1. The fraction of sp³-hybridized carbons (Fsp3) is 0.588. The van der Waals surface area contributed by atoms with Crippen LogP contribution in [-0.4, -0.2) is 29.9 Å². The molecule has 3 rings (SSSR count). The number of fused-ring (bicyclic) bond motifs is 1. The molecule has 114 valence electrons. The number of nitrogens with one attached hydrogen (secondary N) is 1. The van der Waals surface area contributed by atoms with Gasteiger partial charge in [0.2, 0.25) is 5.91 Å². The molecule has 1 saturated carbocycles. The summed E-state index contributed by atoms with van der Waals surface area (Å²) < 4.78 is 13.1. The fourth-order valence-corrected chi connectivity index (χ4v) is 3.88. The molecule has 1 saturated heterocycles. The molecule has 1 aliphatic heterocycles. The van der Waals surface area contributed by atoms with Gasteiger partial charge in [0, 0.05) is 11.7 Å². The van der Waals surface area contributed by atoms with Crippen molar-refractivity contribution in [2.75, 3.05) is 18.4 Å². The van der Waals surface area contributed by atoms with Crippen LogP contribution in [0, 0.1) is 11.7 Å². The van der Waals surface area contributed by atoms with E-state index in [0.29, 0.717) is 18.3 Å². The van der Waals surface area contributed by atoms with Crippen LogP contribution in [0.5, 0.6) is 0 Å². The Bertz CT molecular complexity index is 503. The minimum atomic E-state index is -0.321. The normalized spacial score (nSPS) is 26.1. The summed E-state index contributed by atoms with van der Waals surface area (Å²) in [6.45, 7) is 1.44. The Balaban J connectivity index is 1.58. The first kappa shape index (κ1) is 14.5. The van der Waals surface area contributed by atoms with Crippen LogP contribution in [0.1, 0.15) is 38.5 Å². The zero-order valence-electron chi connectivity index (χ0n) is 12.4. The number of likely N-dealkylation sites (tertiary alicyclic amines) is 1. The number of hydrogen-bond acceptors (Lipinski definition) is 2. The second-order valence-electron chi connectivity index (χ2n) is 6.28. The van der Waals surface area contributed by atoms with Gasteiger partial charge in [-0.1, -0.05) is 18.9 Å². The highest BCUT2D eigenvalue weighted by Gasteiger charge is 2.33. The average Bonchev–Trinajstić information content (AvgIpc) is 2.47. The minimum Gasteiger partial charge on any atom is -0.325 e. The predicted octanol–water partition coefficient (Wildman–Crippen LogP) is 3.42. The topological polar surface area (TPSA) is 32.3 Å². The molecule has 0 bridgehead atoms. The van der Waals surface area contributed by atoms with Gasteiger partial charge >= 0.3 is 0 Å². The van der Waals surface area contributed by atoms with E-state index in [9.17, 15) is 9.18 Å². The van der Waals surface area contributed by atoms with Crippen LogP contribution >= 0.6 is 0 Å². The maximum atomic E-state index is 13.1. The Morgan fingerprint density at radius 2 is 2.05 bits per heavy atom. The van der Waals surface area contributed by atoms with Gasteiger partial charge in [0.05, 0.1) is 6.54 Å². The Labute approximate surface area is 125 Å². The standard InChI is InChI=1S/C17H23FN2O/c18-14-7-3-8-15(11-14)19-17(21)12-20-10-4-6-13-5-1-2-9-16(13)20/h3,7-8,11,13,16H,1-2,4-6,9-10,12H2,(H,19,21)/t13-,16+/m1/s1. The lowest BCUT2D eigenvalue weighted by atomic mass is 9.78. The van der Waals surface area contributed by atoms with Crippen molar-refractivity contribution in [1.82, 2.24) is 4.90 Å². The van der Waals surface area contributed by atoms with Gasteiger partial charge in [0.25, 0.3) is 0 Å². The first-order valence-electron chi connectivity index (χ1n) is 8.02. The van der Waals surface area contributed by atoms with Gasteiger partial charge in [0.1, 0.15) is 5.82 Å². The molecule has 3 nitrogen and oxygen atoms in total. The molecular weight excluding hydrogens is 267 g/mol. The monoisotopic (exact) mass is 290 g/mol. The molecule has 0 unspecified atom stereocenters. The van der Waals surface area contributed by atoms with E-state index in [-0.39, 0.29) is 11.7 Å². The first-order valence-corrected chi connectivity index (χ1v) is 8.02. The lowest BCUT2D eigenvalue weighted by Crippen LogP contribution is -2.49. The van der Waals surface area contributed by atoms with Crippen molar-refractivity contribution >= 4 is 11.6 Å². The van der Waals surface area contributed by atoms with E-state index >= 15 is 0 Å². The number of rotatable bonds is 3. The Kier molecular flexibility index (Phi) is 4.54. The van der Waals surface area contributed by atoms with Gasteiger partial charge in [-0.3, -0.25) is 9.69 Å². The quantitative estimate of drug-likeness (QED) is 0.925. The number of carbonyl (C=O) groups excluding carboxylic acids is 1. The van der Waals surface area contributed by atoms with Gasteiger partial charge in [0.15, 0.2) is 0 Å². The summed E-state index contributed by atoms with van der Waals surface area (Å²) in [7, 11) is 0. The smallest absolute Gasteiger partial charge is 0.238 e. The minimum absolute atomic E-state index is 0.0353. The average molecular weight is 290 g/mol. The summed E-state index contributed by atoms with van der Waals surface area (Å²) in [6, 6.07) is 6.65. The maximum Gasteiger partial charge on any atom is 0.238 e.